The van der Waals surface area contributed by atoms with Gasteiger partial charge in [0, 0.05) is 31.7 Å². The molecule has 0 radical (unpaired) electrons. The van der Waals surface area contributed by atoms with Gasteiger partial charge in [0.05, 0.1) is 14.9 Å². The summed E-state index contributed by atoms with van der Waals surface area (Å²) in [5.41, 5.74) is 1.45. The summed E-state index contributed by atoms with van der Waals surface area (Å²) in [5, 5.41) is 2.58. The highest BCUT2D eigenvalue weighted by Gasteiger charge is 2.27. The first-order chi connectivity index (χ1) is 14.4. The molecule has 1 fully saturated rings. The number of amides is 2. The fraction of sp³-hybridized carbons (Fsp3) is 0.182. The zero-order valence-electron chi connectivity index (χ0n) is 15.8. The molecule has 0 spiro atoms. The van der Waals surface area contributed by atoms with Crippen LogP contribution in [0.3, 0.4) is 0 Å². The van der Waals surface area contributed by atoms with Gasteiger partial charge in [0.2, 0.25) is 0 Å². The second-order valence-electron chi connectivity index (χ2n) is 6.88. The topological polar surface area (TPSA) is 40.6 Å². The number of hydrogen-bond acceptors (Lipinski definition) is 3. The summed E-state index contributed by atoms with van der Waals surface area (Å²) in [6.07, 6.45) is 0. The average Bonchev–Trinajstić information content (AvgIpc) is 3.30. The molecule has 154 valence electrons. The third kappa shape index (κ3) is 4.21. The molecule has 1 aliphatic rings. The largest absolute Gasteiger partial charge is 0.335 e. The molecule has 0 unspecified atom stereocenters. The Balaban J connectivity index is 1.54. The third-order valence-electron chi connectivity index (χ3n) is 5.03. The number of benzene rings is 2. The van der Waals surface area contributed by atoms with Crippen molar-refractivity contribution in [3.05, 3.63) is 80.2 Å². The minimum atomic E-state index is -0.445. The Hall–Kier alpha value is -2.41. The van der Waals surface area contributed by atoms with Crippen LogP contribution in [0.1, 0.15) is 20.0 Å². The smallest absolute Gasteiger partial charge is 0.264 e. The lowest BCUT2D eigenvalue weighted by molar-refractivity contribution is 0.0538. The maximum absolute atomic E-state index is 14.0. The van der Waals surface area contributed by atoms with Gasteiger partial charge in [-0.25, -0.2) is 4.39 Å². The summed E-state index contributed by atoms with van der Waals surface area (Å²) in [7, 11) is 0. The summed E-state index contributed by atoms with van der Waals surface area (Å²) in [6, 6.07) is 12.7. The van der Waals surface area contributed by atoms with Gasteiger partial charge in [-0.3, -0.25) is 9.59 Å². The average molecular weight is 463 g/mol. The summed E-state index contributed by atoms with van der Waals surface area (Å²) in [4.78, 5) is 29.8. The van der Waals surface area contributed by atoms with E-state index < -0.39 is 5.82 Å². The van der Waals surface area contributed by atoms with Crippen LogP contribution in [0, 0.1) is 5.82 Å². The molecule has 30 heavy (non-hydrogen) atoms. The van der Waals surface area contributed by atoms with Crippen LogP contribution in [0.2, 0.25) is 10.0 Å². The Morgan fingerprint density at radius 2 is 1.57 bits per heavy atom. The van der Waals surface area contributed by atoms with Crippen molar-refractivity contribution < 1.29 is 14.0 Å². The quantitative estimate of drug-likeness (QED) is 0.518. The highest BCUT2D eigenvalue weighted by molar-refractivity contribution is 7.12. The van der Waals surface area contributed by atoms with E-state index in [-0.39, 0.29) is 11.8 Å². The van der Waals surface area contributed by atoms with Crippen LogP contribution in [-0.4, -0.2) is 47.8 Å². The molecule has 4 rings (SSSR count). The normalized spacial score (nSPS) is 14.1. The fourth-order valence-electron chi connectivity index (χ4n) is 3.44. The fourth-order valence-corrected chi connectivity index (χ4v) is 4.43. The predicted molar refractivity (Wildman–Crippen MR) is 118 cm³/mol. The summed E-state index contributed by atoms with van der Waals surface area (Å²) in [6.45, 7) is 1.72. The number of nitrogens with zero attached hydrogens (tertiary/aromatic N) is 2. The maximum Gasteiger partial charge on any atom is 0.264 e. The first-order valence-corrected chi connectivity index (χ1v) is 10.9. The van der Waals surface area contributed by atoms with Gasteiger partial charge in [-0.2, -0.15) is 0 Å². The summed E-state index contributed by atoms with van der Waals surface area (Å²) < 4.78 is 14.0. The molecule has 2 aromatic carbocycles. The van der Waals surface area contributed by atoms with E-state index in [2.05, 4.69) is 0 Å². The predicted octanol–water partition coefficient (Wildman–Crippen LogP) is 5.46. The number of carbonyl (C=O) groups excluding carboxylic acids is 2. The number of piperazine rings is 1. The van der Waals surface area contributed by atoms with E-state index in [9.17, 15) is 14.0 Å². The van der Waals surface area contributed by atoms with Gasteiger partial charge >= 0.3 is 0 Å². The van der Waals surface area contributed by atoms with Crippen molar-refractivity contribution in [2.45, 2.75) is 0 Å². The zero-order valence-corrected chi connectivity index (χ0v) is 18.1. The minimum Gasteiger partial charge on any atom is -0.335 e. The Labute approximate surface area is 187 Å². The monoisotopic (exact) mass is 462 g/mol. The van der Waals surface area contributed by atoms with E-state index in [1.54, 1.807) is 34.1 Å². The molecule has 0 bridgehead atoms. The van der Waals surface area contributed by atoms with Crippen molar-refractivity contribution >= 4 is 46.4 Å². The molecular weight excluding hydrogens is 446 g/mol. The van der Waals surface area contributed by atoms with Crippen molar-refractivity contribution in [2.24, 2.45) is 0 Å². The molecule has 1 aromatic heterocycles. The second-order valence-corrected chi connectivity index (χ2v) is 8.64. The number of rotatable bonds is 3. The lowest BCUT2D eigenvalue weighted by atomic mass is 9.98. The van der Waals surface area contributed by atoms with Crippen LogP contribution >= 0.6 is 34.5 Å². The zero-order chi connectivity index (χ0) is 21.3. The van der Waals surface area contributed by atoms with Crippen molar-refractivity contribution in [1.82, 2.24) is 9.80 Å². The van der Waals surface area contributed by atoms with Crippen LogP contribution in [-0.2, 0) is 0 Å². The van der Waals surface area contributed by atoms with Crippen molar-refractivity contribution in [2.75, 3.05) is 26.2 Å². The Morgan fingerprint density at radius 1 is 0.867 bits per heavy atom. The molecule has 0 saturated carbocycles. The van der Waals surface area contributed by atoms with E-state index in [1.807, 2.05) is 11.4 Å². The van der Waals surface area contributed by atoms with Gasteiger partial charge in [0.25, 0.3) is 11.8 Å². The van der Waals surface area contributed by atoms with Gasteiger partial charge in [-0.15, -0.1) is 11.3 Å². The number of carbonyl (C=O) groups is 2. The van der Waals surface area contributed by atoms with Gasteiger partial charge in [-0.05, 0) is 52.9 Å². The summed E-state index contributed by atoms with van der Waals surface area (Å²) in [5.74, 6) is -0.673. The molecule has 0 atom stereocenters. The Kier molecular flexibility index (Phi) is 6.09. The minimum absolute atomic E-state index is 0.0182. The van der Waals surface area contributed by atoms with E-state index in [0.29, 0.717) is 57.8 Å². The molecule has 4 nitrogen and oxygen atoms in total. The van der Waals surface area contributed by atoms with Gasteiger partial charge in [0.1, 0.15) is 5.82 Å². The van der Waals surface area contributed by atoms with Gasteiger partial charge in [0.15, 0.2) is 0 Å². The van der Waals surface area contributed by atoms with Gasteiger partial charge < -0.3 is 9.80 Å². The SMILES string of the molecule is O=C(c1cccs1)N1CCN(C(=O)c2ccc(F)cc2-c2ccc(Cl)c(Cl)c2)CC1. The molecule has 3 aromatic rings. The molecule has 0 aliphatic carbocycles. The van der Waals surface area contributed by atoms with E-state index in [1.165, 1.54) is 29.5 Å². The maximum atomic E-state index is 14.0. The number of halogens is 3. The second kappa shape index (κ2) is 8.76. The molecule has 2 amide bonds. The van der Waals surface area contributed by atoms with Gasteiger partial charge in [-0.1, -0.05) is 35.3 Å². The first-order valence-electron chi connectivity index (χ1n) is 9.31. The Morgan fingerprint density at radius 3 is 2.20 bits per heavy atom. The van der Waals surface area contributed by atoms with Crippen molar-refractivity contribution in [3.8, 4) is 11.1 Å². The molecule has 8 heteroatoms. The van der Waals surface area contributed by atoms with Crippen molar-refractivity contribution in [1.29, 1.82) is 0 Å². The lowest BCUT2D eigenvalue weighted by Gasteiger charge is -2.35. The van der Waals surface area contributed by atoms with E-state index in [0.717, 1.165) is 0 Å². The standard InChI is InChI=1S/C22H17Cl2FN2O2S/c23-18-6-3-14(12-19(18)24)17-13-15(25)4-5-16(17)21(28)26-7-9-27(10-8-26)22(29)20-2-1-11-30-20/h1-6,11-13H,7-10H2. The molecule has 1 aliphatic heterocycles. The van der Waals surface area contributed by atoms with Crippen LogP contribution < -0.4 is 0 Å². The number of hydrogen-bond donors (Lipinski definition) is 0. The third-order valence-corrected chi connectivity index (χ3v) is 6.63. The first kappa shape index (κ1) is 20.8. The van der Waals surface area contributed by atoms with Crippen LogP contribution in [0.25, 0.3) is 11.1 Å². The molecule has 1 saturated heterocycles. The molecule has 0 N–H and O–H groups in total. The molecule has 2 heterocycles. The van der Waals surface area contributed by atoms with Crippen LogP contribution in [0.4, 0.5) is 4.39 Å². The lowest BCUT2D eigenvalue weighted by Crippen LogP contribution is -2.50. The molecular formula is C22H17Cl2FN2O2S. The number of thiophene rings is 1. The highest BCUT2D eigenvalue weighted by Crippen LogP contribution is 2.31. The van der Waals surface area contributed by atoms with Crippen LogP contribution in [0.15, 0.2) is 53.9 Å². The highest BCUT2D eigenvalue weighted by atomic mass is 35.5. The Bertz CT molecular complexity index is 1100. The van der Waals surface area contributed by atoms with Crippen molar-refractivity contribution in [3.63, 3.8) is 0 Å². The van der Waals surface area contributed by atoms with E-state index in [4.69, 9.17) is 23.2 Å². The van der Waals surface area contributed by atoms with E-state index >= 15 is 0 Å². The summed E-state index contributed by atoms with van der Waals surface area (Å²) >= 11 is 13.5. The van der Waals surface area contributed by atoms with Crippen LogP contribution in [0.5, 0.6) is 0 Å².